The molecule has 0 radical (unpaired) electrons. The summed E-state index contributed by atoms with van der Waals surface area (Å²) < 4.78 is 10.1. The molecule has 0 atom stereocenters. The molecule has 0 fully saturated rings. The largest absolute Gasteiger partial charge is 0.497 e. The van der Waals surface area contributed by atoms with E-state index in [-0.39, 0.29) is 24.5 Å². The monoisotopic (exact) mass is 395 g/mol. The van der Waals surface area contributed by atoms with Gasteiger partial charge < -0.3 is 14.8 Å². The van der Waals surface area contributed by atoms with Gasteiger partial charge >= 0.3 is 5.97 Å². The Morgan fingerprint density at radius 3 is 2.52 bits per heavy atom. The summed E-state index contributed by atoms with van der Waals surface area (Å²) in [5.41, 5.74) is 1.12. The number of carbonyl (C=O) groups is 2. The SMILES string of the molecule is COc1ccc(CCNC(=O)COC(=O)Cc2n[nH]c(=O)c3ccccc23)cc1. The van der Waals surface area contributed by atoms with E-state index in [4.69, 9.17) is 9.47 Å². The molecule has 1 heterocycles. The number of aromatic amines is 1. The van der Waals surface area contributed by atoms with Gasteiger partial charge in [-0.15, -0.1) is 0 Å². The van der Waals surface area contributed by atoms with Crippen molar-refractivity contribution in [1.29, 1.82) is 0 Å². The predicted molar refractivity (Wildman–Crippen MR) is 107 cm³/mol. The number of aromatic nitrogens is 2. The van der Waals surface area contributed by atoms with Crippen LogP contribution in [0.25, 0.3) is 10.8 Å². The van der Waals surface area contributed by atoms with Crippen LogP contribution >= 0.6 is 0 Å². The van der Waals surface area contributed by atoms with E-state index in [1.54, 1.807) is 31.4 Å². The number of benzene rings is 2. The molecule has 3 rings (SSSR count). The highest BCUT2D eigenvalue weighted by Gasteiger charge is 2.13. The molecule has 1 amide bonds. The summed E-state index contributed by atoms with van der Waals surface area (Å²) in [4.78, 5) is 35.7. The minimum absolute atomic E-state index is 0.142. The van der Waals surface area contributed by atoms with Crippen molar-refractivity contribution in [2.45, 2.75) is 12.8 Å². The second kappa shape index (κ2) is 9.50. The Morgan fingerprint density at radius 2 is 1.79 bits per heavy atom. The molecule has 8 nitrogen and oxygen atoms in total. The van der Waals surface area contributed by atoms with Crippen LogP contribution < -0.4 is 15.6 Å². The van der Waals surface area contributed by atoms with Gasteiger partial charge in [0.15, 0.2) is 6.61 Å². The lowest BCUT2D eigenvalue weighted by Gasteiger charge is -2.08. The average Bonchev–Trinajstić information content (AvgIpc) is 2.75. The maximum atomic E-state index is 12.1. The molecule has 2 aromatic carbocycles. The van der Waals surface area contributed by atoms with E-state index in [9.17, 15) is 14.4 Å². The third kappa shape index (κ3) is 5.41. The fourth-order valence-corrected chi connectivity index (χ4v) is 2.83. The number of rotatable bonds is 8. The lowest BCUT2D eigenvalue weighted by Crippen LogP contribution is -2.30. The molecule has 0 aliphatic heterocycles. The molecular weight excluding hydrogens is 374 g/mol. The fraction of sp³-hybridized carbons (Fsp3) is 0.238. The highest BCUT2D eigenvalue weighted by atomic mass is 16.5. The quantitative estimate of drug-likeness (QED) is 0.558. The first-order valence-electron chi connectivity index (χ1n) is 9.08. The predicted octanol–water partition coefficient (Wildman–Crippen LogP) is 1.38. The molecule has 0 spiro atoms. The Morgan fingerprint density at radius 1 is 1.07 bits per heavy atom. The number of fused-ring (bicyclic) bond motifs is 1. The Kier molecular flexibility index (Phi) is 6.57. The van der Waals surface area contributed by atoms with Gasteiger partial charge in [-0.3, -0.25) is 14.4 Å². The van der Waals surface area contributed by atoms with Crippen LogP contribution in [0.3, 0.4) is 0 Å². The second-order valence-corrected chi connectivity index (χ2v) is 6.33. The molecule has 0 unspecified atom stereocenters. The number of hydrogen-bond acceptors (Lipinski definition) is 6. The van der Waals surface area contributed by atoms with E-state index in [1.807, 2.05) is 24.3 Å². The molecule has 8 heteroatoms. The van der Waals surface area contributed by atoms with E-state index in [0.29, 0.717) is 29.4 Å². The molecule has 2 N–H and O–H groups in total. The Bertz CT molecular complexity index is 1060. The molecule has 3 aromatic rings. The maximum absolute atomic E-state index is 12.1. The van der Waals surface area contributed by atoms with Crippen LogP contribution in [0.15, 0.2) is 53.3 Å². The molecule has 150 valence electrons. The minimum Gasteiger partial charge on any atom is -0.497 e. The standard InChI is InChI=1S/C21H21N3O5/c1-28-15-8-6-14(7-9-15)10-11-22-19(25)13-29-20(26)12-18-16-4-2-3-5-17(16)21(27)24-23-18/h2-9H,10-13H2,1H3,(H,22,25)(H,24,27). The van der Waals surface area contributed by atoms with Crippen molar-refractivity contribution >= 4 is 22.6 Å². The average molecular weight is 395 g/mol. The number of H-pyrrole nitrogens is 1. The Labute approximate surface area is 166 Å². The summed E-state index contributed by atoms with van der Waals surface area (Å²) in [6.45, 7) is 0.0531. The van der Waals surface area contributed by atoms with Crippen LogP contribution in [0.1, 0.15) is 11.3 Å². The molecule has 0 saturated carbocycles. The van der Waals surface area contributed by atoms with Crippen LogP contribution in [-0.4, -0.2) is 42.3 Å². The smallest absolute Gasteiger partial charge is 0.312 e. The molecule has 29 heavy (non-hydrogen) atoms. The van der Waals surface area contributed by atoms with Crippen LogP contribution in [0.4, 0.5) is 0 Å². The molecule has 0 aliphatic carbocycles. The zero-order valence-electron chi connectivity index (χ0n) is 15.9. The molecule has 0 saturated heterocycles. The molecule has 0 aliphatic rings. The number of nitrogens with one attached hydrogen (secondary N) is 2. The van der Waals surface area contributed by atoms with Crippen molar-refractivity contribution in [3.05, 3.63) is 70.1 Å². The summed E-state index contributed by atoms with van der Waals surface area (Å²) in [6, 6.07) is 14.4. The maximum Gasteiger partial charge on any atom is 0.312 e. The number of esters is 1. The van der Waals surface area contributed by atoms with Crippen molar-refractivity contribution in [1.82, 2.24) is 15.5 Å². The van der Waals surface area contributed by atoms with Crippen molar-refractivity contribution < 1.29 is 19.1 Å². The molecular formula is C21H21N3O5. The van der Waals surface area contributed by atoms with Gasteiger partial charge in [-0.25, -0.2) is 5.10 Å². The summed E-state index contributed by atoms with van der Waals surface area (Å²) >= 11 is 0. The number of carbonyl (C=O) groups excluding carboxylic acids is 2. The summed E-state index contributed by atoms with van der Waals surface area (Å²) in [5.74, 6) is -0.208. The first-order chi connectivity index (χ1) is 14.1. The van der Waals surface area contributed by atoms with Crippen molar-refractivity contribution in [2.75, 3.05) is 20.3 Å². The summed E-state index contributed by atoms with van der Waals surface area (Å²) in [6.07, 6.45) is 0.507. The Balaban J connectivity index is 1.45. The number of amides is 1. The lowest BCUT2D eigenvalue weighted by atomic mass is 10.1. The molecule has 1 aromatic heterocycles. The Hall–Kier alpha value is -3.68. The van der Waals surface area contributed by atoms with E-state index in [0.717, 1.165) is 11.3 Å². The van der Waals surface area contributed by atoms with Gasteiger partial charge in [0.1, 0.15) is 5.75 Å². The van der Waals surface area contributed by atoms with Gasteiger partial charge in [-0.2, -0.15) is 5.10 Å². The van der Waals surface area contributed by atoms with Crippen LogP contribution in [-0.2, 0) is 27.2 Å². The first-order valence-corrected chi connectivity index (χ1v) is 9.08. The van der Waals surface area contributed by atoms with Gasteiger partial charge in [0.05, 0.1) is 24.6 Å². The van der Waals surface area contributed by atoms with Gasteiger partial charge in [-0.1, -0.05) is 30.3 Å². The number of nitrogens with zero attached hydrogens (tertiary/aromatic N) is 1. The summed E-state index contributed by atoms with van der Waals surface area (Å²) in [5, 5.41) is 10.0. The van der Waals surface area contributed by atoms with Crippen LogP contribution in [0, 0.1) is 0 Å². The first kappa shape index (κ1) is 20.1. The van der Waals surface area contributed by atoms with E-state index < -0.39 is 5.97 Å². The van der Waals surface area contributed by atoms with E-state index >= 15 is 0 Å². The topological polar surface area (TPSA) is 110 Å². The second-order valence-electron chi connectivity index (χ2n) is 6.33. The number of methoxy groups -OCH3 is 1. The zero-order valence-corrected chi connectivity index (χ0v) is 15.9. The molecule has 0 bridgehead atoms. The highest BCUT2D eigenvalue weighted by Crippen LogP contribution is 2.13. The van der Waals surface area contributed by atoms with Crippen LogP contribution in [0.5, 0.6) is 5.75 Å². The fourth-order valence-electron chi connectivity index (χ4n) is 2.83. The minimum atomic E-state index is -0.597. The normalized spacial score (nSPS) is 10.5. The van der Waals surface area contributed by atoms with Crippen LogP contribution in [0.2, 0.25) is 0 Å². The van der Waals surface area contributed by atoms with Gasteiger partial charge in [0, 0.05) is 11.9 Å². The van der Waals surface area contributed by atoms with Crippen molar-refractivity contribution in [2.24, 2.45) is 0 Å². The van der Waals surface area contributed by atoms with Crippen molar-refractivity contribution in [3.63, 3.8) is 0 Å². The zero-order chi connectivity index (χ0) is 20.6. The van der Waals surface area contributed by atoms with E-state index in [2.05, 4.69) is 15.5 Å². The van der Waals surface area contributed by atoms with Gasteiger partial charge in [0.25, 0.3) is 11.5 Å². The van der Waals surface area contributed by atoms with E-state index in [1.165, 1.54) is 0 Å². The number of ether oxygens (including phenoxy) is 2. The number of hydrogen-bond donors (Lipinski definition) is 2. The highest BCUT2D eigenvalue weighted by molar-refractivity contribution is 5.87. The third-order valence-electron chi connectivity index (χ3n) is 4.35. The third-order valence-corrected chi connectivity index (χ3v) is 4.35. The van der Waals surface area contributed by atoms with Gasteiger partial charge in [0.2, 0.25) is 0 Å². The van der Waals surface area contributed by atoms with Crippen molar-refractivity contribution in [3.8, 4) is 5.75 Å². The van der Waals surface area contributed by atoms with Gasteiger partial charge in [-0.05, 0) is 30.2 Å². The summed E-state index contributed by atoms with van der Waals surface area (Å²) in [7, 11) is 1.60. The lowest BCUT2D eigenvalue weighted by molar-refractivity contribution is -0.147.